The van der Waals surface area contributed by atoms with Crippen LogP contribution in [0.2, 0.25) is 5.02 Å². The Hall–Kier alpha value is -1.76. The average Bonchev–Trinajstić information content (AvgIpc) is 2.54. The molecule has 0 fully saturated rings. The Kier molecular flexibility index (Phi) is 6.10. The van der Waals surface area contributed by atoms with Crippen LogP contribution in [0.15, 0.2) is 47.4 Å². The van der Waals surface area contributed by atoms with E-state index in [4.69, 9.17) is 21.1 Å². The molecule has 0 amide bonds. The van der Waals surface area contributed by atoms with Crippen LogP contribution in [0.1, 0.15) is 12.5 Å². The van der Waals surface area contributed by atoms with Crippen LogP contribution in [0.25, 0.3) is 0 Å². The number of rotatable bonds is 7. The Labute approximate surface area is 147 Å². The summed E-state index contributed by atoms with van der Waals surface area (Å²) >= 11 is 5.90. The molecular formula is C17H20ClNO4S. The van der Waals surface area contributed by atoms with E-state index in [2.05, 4.69) is 4.72 Å². The lowest BCUT2D eigenvalue weighted by molar-refractivity contribution is 0.287. The summed E-state index contributed by atoms with van der Waals surface area (Å²) in [5, 5.41) is 0.319. The molecule has 7 heteroatoms. The zero-order valence-corrected chi connectivity index (χ0v) is 15.3. The second-order valence-electron chi connectivity index (χ2n) is 5.44. The van der Waals surface area contributed by atoms with E-state index in [0.29, 0.717) is 10.8 Å². The highest BCUT2D eigenvalue weighted by molar-refractivity contribution is 7.89. The molecule has 2 rings (SSSR count). The molecule has 5 nitrogen and oxygen atoms in total. The maximum atomic E-state index is 12.5. The van der Waals surface area contributed by atoms with E-state index in [1.165, 1.54) is 19.2 Å². The first-order valence-corrected chi connectivity index (χ1v) is 9.23. The van der Waals surface area contributed by atoms with Crippen molar-refractivity contribution in [2.45, 2.75) is 24.8 Å². The lowest BCUT2D eigenvalue weighted by Crippen LogP contribution is -2.36. The van der Waals surface area contributed by atoms with Gasteiger partial charge < -0.3 is 9.47 Å². The molecule has 0 saturated carbocycles. The first kappa shape index (κ1) is 18.6. The van der Waals surface area contributed by atoms with Gasteiger partial charge in [-0.3, -0.25) is 0 Å². The van der Waals surface area contributed by atoms with E-state index in [9.17, 15) is 8.42 Å². The van der Waals surface area contributed by atoms with Crippen LogP contribution < -0.4 is 14.2 Å². The van der Waals surface area contributed by atoms with E-state index >= 15 is 0 Å². The Bertz CT molecular complexity index is 791. The van der Waals surface area contributed by atoms with Crippen molar-refractivity contribution in [3.63, 3.8) is 0 Å². The smallest absolute Gasteiger partial charge is 0.244 e. The molecule has 1 atom stereocenters. The summed E-state index contributed by atoms with van der Waals surface area (Å²) in [6.07, 6.45) is 0. The molecule has 0 bridgehead atoms. The highest BCUT2D eigenvalue weighted by atomic mass is 35.5. The Morgan fingerprint density at radius 2 is 1.83 bits per heavy atom. The second-order valence-corrected chi connectivity index (χ2v) is 7.56. The number of ether oxygens (including phenoxy) is 2. The van der Waals surface area contributed by atoms with Crippen LogP contribution in [0.5, 0.6) is 11.5 Å². The van der Waals surface area contributed by atoms with Gasteiger partial charge in [0.15, 0.2) is 0 Å². The molecule has 130 valence electrons. The lowest BCUT2D eigenvalue weighted by Gasteiger charge is -2.17. The van der Waals surface area contributed by atoms with Gasteiger partial charge in [0.25, 0.3) is 0 Å². The summed E-state index contributed by atoms with van der Waals surface area (Å²) in [4.78, 5) is -0.000291. The van der Waals surface area contributed by atoms with Gasteiger partial charge in [0, 0.05) is 5.02 Å². The number of sulfonamides is 1. The van der Waals surface area contributed by atoms with Crippen LogP contribution in [0.4, 0.5) is 0 Å². The number of hydrogen-bond acceptors (Lipinski definition) is 4. The Balaban J connectivity index is 2.05. The monoisotopic (exact) mass is 369 g/mol. The number of halogens is 1. The average molecular weight is 370 g/mol. The second kappa shape index (κ2) is 7.88. The van der Waals surface area contributed by atoms with Crippen LogP contribution in [-0.4, -0.2) is 28.2 Å². The van der Waals surface area contributed by atoms with Crippen molar-refractivity contribution in [2.75, 3.05) is 13.7 Å². The number of methoxy groups -OCH3 is 1. The molecule has 2 aromatic carbocycles. The van der Waals surface area contributed by atoms with E-state index < -0.39 is 16.1 Å². The molecule has 0 aliphatic heterocycles. The van der Waals surface area contributed by atoms with Crippen LogP contribution in [0.3, 0.4) is 0 Å². The summed E-state index contributed by atoms with van der Waals surface area (Å²) < 4.78 is 38.3. The first-order valence-electron chi connectivity index (χ1n) is 7.37. The quantitative estimate of drug-likeness (QED) is 0.812. The van der Waals surface area contributed by atoms with Crippen molar-refractivity contribution >= 4 is 21.6 Å². The minimum absolute atomic E-state index is 0.000291. The van der Waals surface area contributed by atoms with E-state index in [-0.39, 0.29) is 17.3 Å². The van der Waals surface area contributed by atoms with Gasteiger partial charge in [0.1, 0.15) is 23.0 Å². The summed E-state index contributed by atoms with van der Waals surface area (Å²) in [6.45, 7) is 3.91. The fourth-order valence-corrected chi connectivity index (χ4v) is 3.74. The highest BCUT2D eigenvalue weighted by Gasteiger charge is 2.22. The topological polar surface area (TPSA) is 64.6 Å². The predicted octanol–water partition coefficient (Wildman–Crippen LogP) is 3.40. The van der Waals surface area contributed by atoms with Crippen molar-refractivity contribution < 1.29 is 17.9 Å². The van der Waals surface area contributed by atoms with Gasteiger partial charge in [-0.05, 0) is 44.2 Å². The summed E-state index contributed by atoms with van der Waals surface area (Å²) in [6, 6.07) is 11.6. The summed E-state index contributed by atoms with van der Waals surface area (Å²) in [5.74, 6) is 0.922. The third-order valence-electron chi connectivity index (χ3n) is 3.29. The van der Waals surface area contributed by atoms with Crippen LogP contribution in [-0.2, 0) is 10.0 Å². The minimum atomic E-state index is -3.78. The van der Waals surface area contributed by atoms with Gasteiger partial charge in [0.2, 0.25) is 10.0 Å². The maximum Gasteiger partial charge on any atom is 0.244 e. The molecule has 0 radical (unpaired) electrons. The number of hydrogen-bond donors (Lipinski definition) is 1. The van der Waals surface area contributed by atoms with Crippen molar-refractivity contribution in [2.24, 2.45) is 0 Å². The Morgan fingerprint density at radius 1 is 1.17 bits per heavy atom. The molecule has 24 heavy (non-hydrogen) atoms. The van der Waals surface area contributed by atoms with Gasteiger partial charge in [-0.1, -0.05) is 29.3 Å². The fourth-order valence-electron chi connectivity index (χ4n) is 2.08. The first-order chi connectivity index (χ1) is 11.3. The normalized spacial score (nSPS) is 12.7. The number of benzene rings is 2. The van der Waals surface area contributed by atoms with E-state index in [1.54, 1.807) is 13.0 Å². The number of nitrogens with one attached hydrogen (secondary N) is 1. The molecule has 2 aromatic rings. The van der Waals surface area contributed by atoms with E-state index in [1.807, 2.05) is 31.2 Å². The fraction of sp³-hybridized carbons (Fsp3) is 0.294. The third-order valence-corrected chi connectivity index (χ3v) is 5.14. The van der Waals surface area contributed by atoms with Gasteiger partial charge in [-0.25, -0.2) is 13.1 Å². The van der Waals surface area contributed by atoms with Crippen LogP contribution in [0, 0.1) is 6.92 Å². The zero-order valence-electron chi connectivity index (χ0n) is 13.7. The Morgan fingerprint density at radius 3 is 2.46 bits per heavy atom. The maximum absolute atomic E-state index is 12.5. The molecule has 0 saturated heterocycles. The van der Waals surface area contributed by atoms with Crippen molar-refractivity contribution in [3.8, 4) is 11.5 Å². The zero-order chi connectivity index (χ0) is 17.7. The van der Waals surface area contributed by atoms with Gasteiger partial charge in [0.05, 0.1) is 13.2 Å². The molecule has 0 heterocycles. The van der Waals surface area contributed by atoms with Gasteiger partial charge >= 0.3 is 0 Å². The minimum Gasteiger partial charge on any atom is -0.495 e. The predicted molar refractivity (Wildman–Crippen MR) is 94.5 cm³/mol. The van der Waals surface area contributed by atoms with Crippen LogP contribution >= 0.6 is 11.6 Å². The molecule has 1 N–H and O–H groups in total. The van der Waals surface area contributed by atoms with E-state index in [0.717, 1.165) is 5.56 Å². The standard InChI is InChI=1S/C17H20ClNO4S/c1-12-4-7-15(8-5-12)23-11-13(2)19-24(20,21)17-10-14(18)6-9-16(17)22-3/h4-10,13,19H,11H2,1-3H3. The molecule has 0 aliphatic rings. The summed E-state index contributed by atoms with van der Waals surface area (Å²) in [7, 11) is -2.37. The molecular weight excluding hydrogens is 350 g/mol. The highest BCUT2D eigenvalue weighted by Crippen LogP contribution is 2.27. The molecule has 0 spiro atoms. The van der Waals surface area contributed by atoms with Crippen molar-refractivity contribution in [3.05, 3.63) is 53.1 Å². The largest absolute Gasteiger partial charge is 0.495 e. The van der Waals surface area contributed by atoms with Gasteiger partial charge in [-0.2, -0.15) is 0 Å². The van der Waals surface area contributed by atoms with Crippen molar-refractivity contribution in [1.82, 2.24) is 4.72 Å². The lowest BCUT2D eigenvalue weighted by atomic mass is 10.2. The number of aryl methyl sites for hydroxylation is 1. The molecule has 0 aromatic heterocycles. The summed E-state index contributed by atoms with van der Waals surface area (Å²) in [5.41, 5.74) is 1.13. The molecule has 0 aliphatic carbocycles. The third kappa shape index (κ3) is 4.87. The van der Waals surface area contributed by atoms with Crippen molar-refractivity contribution in [1.29, 1.82) is 0 Å². The SMILES string of the molecule is COc1ccc(Cl)cc1S(=O)(=O)NC(C)COc1ccc(C)cc1. The molecule has 1 unspecified atom stereocenters. The van der Waals surface area contributed by atoms with Gasteiger partial charge in [-0.15, -0.1) is 0 Å².